The molecule has 3 aromatic rings. The van der Waals surface area contributed by atoms with Gasteiger partial charge in [-0.25, -0.2) is 4.79 Å². The van der Waals surface area contributed by atoms with E-state index < -0.39 is 5.54 Å². The number of benzene rings is 3. The van der Waals surface area contributed by atoms with Gasteiger partial charge in [-0.1, -0.05) is 72.3 Å². The summed E-state index contributed by atoms with van der Waals surface area (Å²) < 4.78 is 5.32. The van der Waals surface area contributed by atoms with Crippen LogP contribution in [0.1, 0.15) is 54.7 Å². The summed E-state index contributed by atoms with van der Waals surface area (Å²) in [5.74, 6) is 0.269. The highest BCUT2D eigenvalue weighted by Crippen LogP contribution is 2.56. The third-order valence-electron chi connectivity index (χ3n) is 8.64. The maximum atomic E-state index is 13.2. The van der Waals surface area contributed by atoms with Gasteiger partial charge >= 0.3 is 5.97 Å². The predicted octanol–water partition coefficient (Wildman–Crippen LogP) is 6.51. The number of anilines is 1. The van der Waals surface area contributed by atoms with Gasteiger partial charge in [-0.2, -0.15) is 0 Å². The molecule has 1 fully saturated rings. The van der Waals surface area contributed by atoms with Gasteiger partial charge in [0.05, 0.1) is 7.11 Å². The molecule has 36 heavy (non-hydrogen) atoms. The van der Waals surface area contributed by atoms with E-state index in [1.54, 1.807) is 0 Å². The average Bonchev–Trinajstić information content (AvgIpc) is 3.21. The molecule has 0 bridgehead atoms. The summed E-state index contributed by atoms with van der Waals surface area (Å²) in [7, 11) is 1.47. The van der Waals surface area contributed by atoms with Gasteiger partial charge in [-0.3, -0.25) is 0 Å². The van der Waals surface area contributed by atoms with Crippen LogP contribution in [0.2, 0.25) is 5.02 Å². The number of nitrogens with one attached hydrogen (secondary N) is 1. The molecule has 3 aromatic carbocycles. The Balaban J connectivity index is 1.45. The second kappa shape index (κ2) is 10.3. The maximum absolute atomic E-state index is 13.2. The first kappa shape index (κ1) is 24.9. The van der Waals surface area contributed by atoms with Gasteiger partial charge in [0, 0.05) is 23.2 Å². The molecule has 5 heteroatoms. The zero-order chi connectivity index (χ0) is 25.2. The minimum atomic E-state index is -0.789. The van der Waals surface area contributed by atoms with Crippen LogP contribution in [0.4, 0.5) is 5.69 Å². The highest BCUT2D eigenvalue weighted by atomic mass is 35.5. The molecular weight excluding hydrogens is 470 g/mol. The molecule has 188 valence electrons. The minimum Gasteiger partial charge on any atom is -0.467 e. The Morgan fingerprint density at radius 2 is 1.75 bits per heavy atom. The monoisotopic (exact) mass is 503 g/mol. The Morgan fingerprint density at radius 3 is 2.44 bits per heavy atom. The summed E-state index contributed by atoms with van der Waals surface area (Å²) in [5.41, 5.74) is 4.03. The first-order valence-corrected chi connectivity index (χ1v) is 13.2. The lowest BCUT2D eigenvalue weighted by molar-refractivity contribution is -0.148. The topological polar surface area (TPSA) is 58.6 Å². The second-order valence-corrected chi connectivity index (χ2v) is 10.9. The van der Waals surface area contributed by atoms with Crippen LogP contribution in [0.15, 0.2) is 78.9 Å². The first-order chi connectivity index (χ1) is 17.5. The molecule has 1 saturated carbocycles. The molecule has 2 atom stereocenters. The molecule has 2 aliphatic rings. The van der Waals surface area contributed by atoms with E-state index in [0.29, 0.717) is 23.8 Å². The van der Waals surface area contributed by atoms with E-state index in [0.717, 1.165) is 31.4 Å². The summed E-state index contributed by atoms with van der Waals surface area (Å²) in [4.78, 5) is 13.2. The molecule has 0 unspecified atom stereocenters. The van der Waals surface area contributed by atoms with E-state index in [9.17, 15) is 9.90 Å². The third-order valence-corrected chi connectivity index (χ3v) is 8.88. The van der Waals surface area contributed by atoms with Crippen molar-refractivity contribution in [2.24, 2.45) is 5.92 Å². The minimum absolute atomic E-state index is 0.0215. The van der Waals surface area contributed by atoms with Gasteiger partial charge in [0.2, 0.25) is 0 Å². The number of methoxy groups -OCH3 is 1. The number of aliphatic hydroxyl groups excluding tert-OH is 1. The molecule has 0 saturated heterocycles. The van der Waals surface area contributed by atoms with Crippen LogP contribution in [0.25, 0.3) is 0 Å². The summed E-state index contributed by atoms with van der Waals surface area (Å²) in [5, 5.41) is 14.5. The average molecular weight is 504 g/mol. The molecule has 0 radical (unpaired) electrons. The molecule has 2 N–H and O–H groups in total. The number of hydrogen-bond acceptors (Lipinski definition) is 4. The Hall–Kier alpha value is -2.82. The molecule has 2 aliphatic carbocycles. The number of ether oxygens (including phenoxy) is 1. The Morgan fingerprint density at radius 1 is 1.03 bits per heavy atom. The van der Waals surface area contributed by atoms with Crippen molar-refractivity contribution < 1.29 is 14.6 Å². The van der Waals surface area contributed by atoms with E-state index in [4.69, 9.17) is 16.3 Å². The number of rotatable bonds is 7. The van der Waals surface area contributed by atoms with Crippen molar-refractivity contribution >= 4 is 23.3 Å². The van der Waals surface area contributed by atoms with Gasteiger partial charge in [0.1, 0.15) is 5.54 Å². The fourth-order valence-electron chi connectivity index (χ4n) is 6.78. The summed E-state index contributed by atoms with van der Waals surface area (Å²) in [6.07, 6.45) is 5.03. The Labute approximate surface area is 218 Å². The van der Waals surface area contributed by atoms with Gasteiger partial charge < -0.3 is 15.2 Å². The van der Waals surface area contributed by atoms with Crippen LogP contribution in [0, 0.1) is 5.92 Å². The summed E-state index contributed by atoms with van der Waals surface area (Å²) in [6, 6.07) is 26.7. The van der Waals surface area contributed by atoms with Crippen LogP contribution in [0.3, 0.4) is 0 Å². The number of aliphatic hydroxyl groups is 1. The first-order valence-electron chi connectivity index (χ1n) is 12.9. The molecule has 0 aliphatic heterocycles. The van der Waals surface area contributed by atoms with E-state index in [2.05, 4.69) is 41.7 Å². The number of carbonyl (C=O) groups is 1. The molecular formula is C31H34ClNO3. The van der Waals surface area contributed by atoms with Gasteiger partial charge in [0.25, 0.3) is 0 Å². The number of carbonyl (C=O) groups excluding carboxylic acids is 1. The highest BCUT2D eigenvalue weighted by Gasteiger charge is 2.54. The SMILES string of the molecule is COC(=O)C1(Nc2cccc(Cl)c2)CCC2(CC1)c1ccccc1C[C@@H]2C[C@H](CO)c1ccccc1. The van der Waals surface area contributed by atoms with Crippen molar-refractivity contribution in [3.63, 3.8) is 0 Å². The van der Waals surface area contributed by atoms with E-state index in [-0.39, 0.29) is 23.9 Å². The molecule has 1 spiro atoms. The zero-order valence-electron chi connectivity index (χ0n) is 20.8. The molecule has 0 aromatic heterocycles. The molecule has 0 heterocycles. The summed E-state index contributed by atoms with van der Waals surface area (Å²) >= 11 is 6.23. The lowest BCUT2D eigenvalue weighted by atomic mass is 9.59. The highest BCUT2D eigenvalue weighted by molar-refractivity contribution is 6.30. The summed E-state index contributed by atoms with van der Waals surface area (Å²) in [6.45, 7) is 0.134. The Bertz CT molecular complexity index is 1200. The Kier molecular flexibility index (Phi) is 7.09. The lowest BCUT2D eigenvalue weighted by Gasteiger charge is -2.48. The normalized spacial score (nSPS) is 25.8. The standard InChI is InChI=1S/C31H34ClNO3/c1-36-29(35)31(33-27-12-7-11-26(32)20-27)16-14-30(15-17-31)25(18-23-10-5-6-13-28(23)30)19-24(21-34)22-8-3-2-4-9-22/h2-13,20,24-25,33-34H,14-19,21H2,1H3/t24-,25-,30?,31?/m1/s1. The number of hydrogen-bond donors (Lipinski definition) is 2. The number of halogens is 1. The second-order valence-electron chi connectivity index (χ2n) is 10.4. The molecule has 0 amide bonds. The van der Waals surface area contributed by atoms with Crippen molar-refractivity contribution in [3.05, 3.63) is 101 Å². The van der Waals surface area contributed by atoms with Crippen LogP contribution in [-0.2, 0) is 21.4 Å². The van der Waals surface area contributed by atoms with Crippen LogP contribution in [-0.4, -0.2) is 30.3 Å². The van der Waals surface area contributed by atoms with Gasteiger partial charge in [0.15, 0.2) is 0 Å². The molecule has 4 nitrogen and oxygen atoms in total. The van der Waals surface area contributed by atoms with Gasteiger partial charge in [-0.05, 0) is 84.7 Å². The zero-order valence-corrected chi connectivity index (χ0v) is 21.5. The van der Waals surface area contributed by atoms with Crippen molar-refractivity contribution in [2.45, 2.75) is 55.4 Å². The fraction of sp³-hybridized carbons (Fsp3) is 0.387. The predicted molar refractivity (Wildman–Crippen MR) is 144 cm³/mol. The van der Waals surface area contributed by atoms with E-state index in [1.807, 2.05) is 42.5 Å². The van der Waals surface area contributed by atoms with Gasteiger partial charge in [-0.15, -0.1) is 0 Å². The van der Waals surface area contributed by atoms with Crippen LogP contribution < -0.4 is 5.32 Å². The van der Waals surface area contributed by atoms with Crippen LogP contribution in [0.5, 0.6) is 0 Å². The van der Waals surface area contributed by atoms with Crippen molar-refractivity contribution in [1.29, 1.82) is 0 Å². The molecule has 5 rings (SSSR count). The van der Waals surface area contributed by atoms with Crippen molar-refractivity contribution in [2.75, 3.05) is 19.0 Å². The lowest BCUT2D eigenvalue weighted by Crippen LogP contribution is -2.53. The number of esters is 1. The number of fused-ring (bicyclic) bond motifs is 2. The van der Waals surface area contributed by atoms with Crippen molar-refractivity contribution in [1.82, 2.24) is 0 Å². The largest absolute Gasteiger partial charge is 0.467 e. The van der Waals surface area contributed by atoms with Crippen LogP contribution >= 0.6 is 11.6 Å². The smallest absolute Gasteiger partial charge is 0.331 e. The van der Waals surface area contributed by atoms with E-state index >= 15 is 0 Å². The quantitative estimate of drug-likeness (QED) is 0.360. The van der Waals surface area contributed by atoms with Crippen molar-refractivity contribution in [3.8, 4) is 0 Å². The fourth-order valence-corrected chi connectivity index (χ4v) is 6.97. The van der Waals surface area contributed by atoms with E-state index in [1.165, 1.54) is 23.8 Å². The third kappa shape index (κ3) is 4.53. The maximum Gasteiger partial charge on any atom is 0.331 e.